The summed E-state index contributed by atoms with van der Waals surface area (Å²) in [5.74, 6) is 0.585. The summed E-state index contributed by atoms with van der Waals surface area (Å²) in [6.45, 7) is 0. The molecular weight excluding hydrogens is 402 g/mol. The Bertz CT molecular complexity index is 501. The standard InChI is InChI=1S/C11H15Br2NO2S2/c12-7-8-2-1-3-9(6-8)14-18(15,16)11-5-4-10(13)17-11/h4-5,8-9,14H,1-3,6-7H2. The van der Waals surface area contributed by atoms with Crippen LogP contribution in [0.2, 0.25) is 0 Å². The minimum absolute atomic E-state index is 0.0761. The van der Waals surface area contributed by atoms with E-state index in [1.807, 2.05) is 0 Å². The Morgan fingerprint density at radius 2 is 2.17 bits per heavy atom. The first kappa shape index (κ1) is 15.0. The predicted octanol–water partition coefficient (Wildman–Crippen LogP) is 3.74. The van der Waals surface area contributed by atoms with E-state index in [0.29, 0.717) is 10.1 Å². The molecule has 0 radical (unpaired) electrons. The maximum absolute atomic E-state index is 12.2. The van der Waals surface area contributed by atoms with Crippen LogP contribution in [0.15, 0.2) is 20.1 Å². The fourth-order valence-corrected chi connectivity index (χ4v) is 6.16. The van der Waals surface area contributed by atoms with Crippen LogP contribution in [0.4, 0.5) is 0 Å². The second kappa shape index (κ2) is 6.35. The molecule has 2 atom stereocenters. The average Bonchev–Trinajstić information content (AvgIpc) is 2.76. The van der Waals surface area contributed by atoms with Gasteiger partial charge in [-0.2, -0.15) is 0 Å². The fraction of sp³-hybridized carbons (Fsp3) is 0.636. The molecule has 0 bridgehead atoms. The Hall–Kier alpha value is 0.570. The Morgan fingerprint density at radius 3 is 2.78 bits per heavy atom. The molecule has 1 aliphatic carbocycles. The molecular formula is C11H15Br2NO2S2. The summed E-state index contributed by atoms with van der Waals surface area (Å²) in [5.41, 5.74) is 0. The van der Waals surface area contributed by atoms with Gasteiger partial charge in [-0.1, -0.05) is 22.4 Å². The van der Waals surface area contributed by atoms with E-state index in [1.54, 1.807) is 12.1 Å². The number of hydrogen-bond donors (Lipinski definition) is 1. The maximum Gasteiger partial charge on any atom is 0.250 e. The lowest BCUT2D eigenvalue weighted by Gasteiger charge is -2.28. The second-order valence-corrected chi connectivity index (χ2v) is 9.62. The molecule has 0 aromatic carbocycles. The lowest BCUT2D eigenvalue weighted by atomic mass is 9.88. The normalized spacial score (nSPS) is 25.2. The number of alkyl halides is 1. The third kappa shape index (κ3) is 3.79. The molecule has 1 heterocycles. The van der Waals surface area contributed by atoms with Crippen LogP contribution in [-0.2, 0) is 10.0 Å². The van der Waals surface area contributed by atoms with Gasteiger partial charge < -0.3 is 0 Å². The number of sulfonamides is 1. The molecule has 1 aliphatic rings. The lowest BCUT2D eigenvalue weighted by Crippen LogP contribution is -2.38. The van der Waals surface area contributed by atoms with Gasteiger partial charge in [0, 0.05) is 11.4 Å². The first-order valence-corrected chi connectivity index (χ1v) is 10.1. The van der Waals surface area contributed by atoms with Crippen LogP contribution < -0.4 is 4.72 Å². The highest BCUT2D eigenvalue weighted by Gasteiger charge is 2.26. The minimum atomic E-state index is -3.35. The SMILES string of the molecule is O=S(=O)(NC1CCCC(CBr)C1)c1ccc(Br)s1. The third-order valence-corrected chi connectivity index (χ3v) is 7.69. The summed E-state index contributed by atoms with van der Waals surface area (Å²) in [4.78, 5) is 0. The first-order chi connectivity index (χ1) is 8.51. The molecule has 1 aromatic rings. The van der Waals surface area contributed by atoms with Crippen molar-refractivity contribution in [2.24, 2.45) is 5.92 Å². The monoisotopic (exact) mass is 415 g/mol. The molecule has 0 spiro atoms. The topological polar surface area (TPSA) is 46.2 Å². The van der Waals surface area contributed by atoms with Gasteiger partial charge in [0.05, 0.1) is 3.79 Å². The average molecular weight is 417 g/mol. The van der Waals surface area contributed by atoms with Crippen LogP contribution in [0.5, 0.6) is 0 Å². The zero-order valence-electron chi connectivity index (χ0n) is 9.73. The highest BCUT2D eigenvalue weighted by molar-refractivity contribution is 9.11. The lowest BCUT2D eigenvalue weighted by molar-refractivity contribution is 0.333. The number of rotatable bonds is 4. The van der Waals surface area contributed by atoms with Crippen molar-refractivity contribution in [3.05, 3.63) is 15.9 Å². The Labute approximate surface area is 129 Å². The molecule has 2 rings (SSSR count). The van der Waals surface area contributed by atoms with Crippen molar-refractivity contribution in [2.75, 3.05) is 5.33 Å². The van der Waals surface area contributed by atoms with Crippen LogP contribution in [0.1, 0.15) is 25.7 Å². The molecule has 1 N–H and O–H groups in total. The summed E-state index contributed by atoms with van der Waals surface area (Å²) >= 11 is 8.02. The van der Waals surface area contributed by atoms with Crippen molar-refractivity contribution in [1.82, 2.24) is 4.72 Å². The van der Waals surface area contributed by atoms with Crippen molar-refractivity contribution >= 4 is 53.2 Å². The molecule has 18 heavy (non-hydrogen) atoms. The highest BCUT2D eigenvalue weighted by atomic mass is 79.9. The summed E-state index contributed by atoms with van der Waals surface area (Å²) in [6.07, 6.45) is 4.15. The van der Waals surface area contributed by atoms with E-state index >= 15 is 0 Å². The summed E-state index contributed by atoms with van der Waals surface area (Å²) < 4.78 is 28.4. The highest BCUT2D eigenvalue weighted by Crippen LogP contribution is 2.29. The smallest absolute Gasteiger partial charge is 0.207 e. The zero-order valence-corrected chi connectivity index (χ0v) is 14.5. The number of hydrogen-bond acceptors (Lipinski definition) is 3. The van der Waals surface area contributed by atoms with Crippen molar-refractivity contribution in [3.63, 3.8) is 0 Å². The van der Waals surface area contributed by atoms with E-state index in [9.17, 15) is 8.42 Å². The molecule has 7 heteroatoms. The Morgan fingerprint density at radius 1 is 1.39 bits per heavy atom. The number of halogens is 2. The zero-order chi connectivity index (χ0) is 13.2. The maximum atomic E-state index is 12.2. The van der Waals surface area contributed by atoms with Crippen LogP contribution in [0.25, 0.3) is 0 Å². The Balaban J connectivity index is 2.04. The van der Waals surface area contributed by atoms with Crippen molar-refractivity contribution in [1.29, 1.82) is 0 Å². The van der Waals surface area contributed by atoms with Gasteiger partial charge in [-0.05, 0) is 53.2 Å². The quantitative estimate of drug-likeness (QED) is 0.759. The largest absolute Gasteiger partial charge is 0.250 e. The van der Waals surface area contributed by atoms with E-state index in [1.165, 1.54) is 17.8 Å². The van der Waals surface area contributed by atoms with Gasteiger partial charge in [0.2, 0.25) is 10.0 Å². The summed E-state index contributed by atoms with van der Waals surface area (Å²) in [7, 11) is -3.35. The number of thiophene rings is 1. The third-order valence-electron chi connectivity index (χ3n) is 3.14. The minimum Gasteiger partial charge on any atom is -0.207 e. The predicted molar refractivity (Wildman–Crippen MR) is 81.9 cm³/mol. The molecule has 1 saturated carbocycles. The van der Waals surface area contributed by atoms with Gasteiger partial charge in [-0.25, -0.2) is 13.1 Å². The molecule has 102 valence electrons. The molecule has 3 nitrogen and oxygen atoms in total. The molecule has 0 saturated heterocycles. The Kier molecular flexibility index (Phi) is 5.28. The van der Waals surface area contributed by atoms with Crippen molar-refractivity contribution < 1.29 is 8.42 Å². The number of nitrogens with one attached hydrogen (secondary N) is 1. The molecule has 1 fully saturated rings. The van der Waals surface area contributed by atoms with Gasteiger partial charge in [-0.3, -0.25) is 0 Å². The van der Waals surface area contributed by atoms with E-state index < -0.39 is 10.0 Å². The van der Waals surface area contributed by atoms with Gasteiger partial charge in [0.25, 0.3) is 0 Å². The van der Waals surface area contributed by atoms with Crippen LogP contribution >= 0.6 is 43.2 Å². The van der Waals surface area contributed by atoms with Gasteiger partial charge in [0.1, 0.15) is 4.21 Å². The molecule has 0 aliphatic heterocycles. The van der Waals surface area contributed by atoms with Gasteiger partial charge >= 0.3 is 0 Å². The first-order valence-electron chi connectivity index (χ1n) is 5.85. The second-order valence-electron chi connectivity index (χ2n) is 4.56. The summed E-state index contributed by atoms with van der Waals surface area (Å²) in [6, 6.07) is 3.48. The molecule has 2 unspecified atom stereocenters. The van der Waals surface area contributed by atoms with E-state index in [0.717, 1.165) is 28.4 Å². The van der Waals surface area contributed by atoms with E-state index in [-0.39, 0.29) is 6.04 Å². The van der Waals surface area contributed by atoms with Crippen LogP contribution in [-0.4, -0.2) is 19.8 Å². The van der Waals surface area contributed by atoms with E-state index in [2.05, 4.69) is 36.6 Å². The summed E-state index contributed by atoms with van der Waals surface area (Å²) in [5, 5.41) is 0.954. The van der Waals surface area contributed by atoms with Gasteiger partial charge in [0.15, 0.2) is 0 Å². The van der Waals surface area contributed by atoms with Crippen molar-refractivity contribution in [2.45, 2.75) is 35.9 Å². The molecule has 1 aromatic heterocycles. The van der Waals surface area contributed by atoms with Crippen LogP contribution in [0.3, 0.4) is 0 Å². The van der Waals surface area contributed by atoms with Crippen molar-refractivity contribution in [3.8, 4) is 0 Å². The van der Waals surface area contributed by atoms with Gasteiger partial charge in [-0.15, -0.1) is 11.3 Å². The molecule has 0 amide bonds. The van der Waals surface area contributed by atoms with E-state index in [4.69, 9.17) is 0 Å². The van der Waals surface area contributed by atoms with Crippen LogP contribution in [0, 0.1) is 5.92 Å². The fourth-order valence-electron chi connectivity index (χ4n) is 2.26.